The standard InChI is InChI=1S/C27H29FN4O7/c28-20-12-16(25(29-24(35)14-33)31-8-10-38-11-9-31)4-5-17(20)15-39-22-3-1-2-18-19(22)13-32(27(18)37)21-6-7-23(34)30-26(21)36/h1-5,12,21,25,33H,6-11,13-15H2,(H,29,35)(H,30,34,36)/t21-,25?/m0/s1. The van der Waals surface area contributed by atoms with Gasteiger partial charge in [0.15, 0.2) is 0 Å². The summed E-state index contributed by atoms with van der Waals surface area (Å²) in [5.41, 5.74) is 1.80. The third-order valence-corrected chi connectivity index (χ3v) is 7.17. The van der Waals surface area contributed by atoms with Crippen molar-refractivity contribution in [2.45, 2.75) is 38.2 Å². The molecule has 5 rings (SSSR count). The van der Waals surface area contributed by atoms with Crippen LogP contribution in [0.2, 0.25) is 0 Å². The van der Waals surface area contributed by atoms with Gasteiger partial charge >= 0.3 is 0 Å². The number of ether oxygens (including phenoxy) is 2. The first-order valence-corrected chi connectivity index (χ1v) is 12.8. The summed E-state index contributed by atoms with van der Waals surface area (Å²) in [6.07, 6.45) is -0.215. The van der Waals surface area contributed by atoms with Crippen molar-refractivity contribution in [2.75, 3.05) is 32.9 Å². The quantitative estimate of drug-likeness (QED) is 0.414. The van der Waals surface area contributed by atoms with Crippen LogP contribution in [0.3, 0.4) is 0 Å². The van der Waals surface area contributed by atoms with Crippen molar-refractivity contribution < 1.29 is 38.1 Å². The Morgan fingerprint density at radius 3 is 2.72 bits per heavy atom. The molecule has 0 spiro atoms. The van der Waals surface area contributed by atoms with Gasteiger partial charge in [0.05, 0.1) is 19.8 Å². The molecule has 12 heteroatoms. The van der Waals surface area contributed by atoms with Crippen molar-refractivity contribution >= 4 is 23.6 Å². The zero-order valence-electron chi connectivity index (χ0n) is 21.2. The van der Waals surface area contributed by atoms with Crippen molar-refractivity contribution in [2.24, 2.45) is 0 Å². The SMILES string of the molecule is O=C1CC[C@H](N2Cc3c(OCc4ccc(C(NC(=O)CO)N5CCOCC5)cc4F)cccc3C2=O)C(=O)N1. The van der Waals surface area contributed by atoms with E-state index in [1.807, 2.05) is 4.90 Å². The number of hydrogen-bond acceptors (Lipinski definition) is 8. The lowest BCUT2D eigenvalue weighted by Gasteiger charge is -2.35. The number of amides is 4. The summed E-state index contributed by atoms with van der Waals surface area (Å²) >= 11 is 0. The van der Waals surface area contributed by atoms with Crippen LogP contribution in [-0.2, 0) is 32.3 Å². The predicted molar refractivity (Wildman–Crippen MR) is 134 cm³/mol. The molecule has 3 N–H and O–H groups in total. The highest BCUT2D eigenvalue weighted by atomic mass is 19.1. The molecule has 1 unspecified atom stereocenters. The van der Waals surface area contributed by atoms with Crippen LogP contribution in [0.25, 0.3) is 0 Å². The number of fused-ring (bicyclic) bond motifs is 1. The molecule has 206 valence electrons. The van der Waals surface area contributed by atoms with Crippen LogP contribution in [0, 0.1) is 5.82 Å². The minimum atomic E-state index is -0.744. The number of aliphatic hydroxyl groups is 1. The van der Waals surface area contributed by atoms with Gasteiger partial charge in [0.1, 0.15) is 37.0 Å². The topological polar surface area (TPSA) is 138 Å². The maximum absolute atomic E-state index is 15.2. The van der Waals surface area contributed by atoms with Crippen LogP contribution >= 0.6 is 0 Å². The smallest absolute Gasteiger partial charge is 0.255 e. The van der Waals surface area contributed by atoms with E-state index in [-0.39, 0.29) is 43.4 Å². The van der Waals surface area contributed by atoms with Crippen LogP contribution in [0.1, 0.15) is 46.1 Å². The normalized spacial score (nSPS) is 20.4. The third-order valence-electron chi connectivity index (χ3n) is 7.17. The molecule has 3 aliphatic heterocycles. The fraction of sp³-hybridized carbons (Fsp3) is 0.407. The minimum absolute atomic E-state index is 0.111. The van der Waals surface area contributed by atoms with Gasteiger partial charge in [-0.3, -0.25) is 29.4 Å². The van der Waals surface area contributed by atoms with E-state index in [0.29, 0.717) is 48.7 Å². The van der Waals surface area contributed by atoms with Crippen LogP contribution in [-0.4, -0.2) is 77.5 Å². The summed E-state index contributed by atoms with van der Waals surface area (Å²) in [5.74, 6) is -1.87. The number of hydrogen-bond donors (Lipinski definition) is 3. The zero-order chi connectivity index (χ0) is 27.5. The molecule has 0 radical (unpaired) electrons. The maximum atomic E-state index is 15.2. The van der Waals surface area contributed by atoms with Gasteiger partial charge in [-0.15, -0.1) is 0 Å². The Balaban J connectivity index is 1.30. The minimum Gasteiger partial charge on any atom is -0.488 e. The first kappa shape index (κ1) is 26.7. The molecular weight excluding hydrogens is 511 g/mol. The molecule has 0 saturated carbocycles. The third kappa shape index (κ3) is 5.63. The predicted octanol–water partition coefficient (Wildman–Crippen LogP) is 0.605. The number of carbonyl (C=O) groups excluding carboxylic acids is 4. The lowest BCUT2D eigenvalue weighted by Crippen LogP contribution is -2.52. The lowest BCUT2D eigenvalue weighted by atomic mass is 10.0. The number of nitrogens with zero attached hydrogens (tertiary/aromatic N) is 2. The lowest BCUT2D eigenvalue weighted by molar-refractivity contribution is -0.137. The molecule has 39 heavy (non-hydrogen) atoms. The van der Waals surface area contributed by atoms with Gasteiger partial charge in [-0.05, 0) is 30.2 Å². The van der Waals surface area contributed by atoms with Crippen molar-refractivity contribution in [3.63, 3.8) is 0 Å². The van der Waals surface area contributed by atoms with Crippen molar-refractivity contribution in [1.82, 2.24) is 20.4 Å². The van der Waals surface area contributed by atoms with E-state index in [0.717, 1.165) is 0 Å². The zero-order valence-corrected chi connectivity index (χ0v) is 21.2. The number of halogens is 1. The maximum Gasteiger partial charge on any atom is 0.255 e. The van der Waals surface area contributed by atoms with Crippen molar-refractivity contribution in [3.05, 3.63) is 64.5 Å². The molecule has 2 aromatic rings. The van der Waals surface area contributed by atoms with E-state index in [9.17, 15) is 24.3 Å². The number of rotatable bonds is 8. The fourth-order valence-corrected chi connectivity index (χ4v) is 5.12. The van der Waals surface area contributed by atoms with Gasteiger partial charge in [0, 0.05) is 36.2 Å². The fourth-order valence-electron chi connectivity index (χ4n) is 5.12. The number of aliphatic hydroxyl groups excluding tert-OH is 1. The number of carbonyl (C=O) groups is 4. The Morgan fingerprint density at radius 2 is 2.00 bits per heavy atom. The number of benzene rings is 2. The average Bonchev–Trinajstić information content (AvgIpc) is 3.28. The van der Waals surface area contributed by atoms with Crippen LogP contribution < -0.4 is 15.4 Å². The molecule has 2 aromatic carbocycles. The van der Waals surface area contributed by atoms with Crippen LogP contribution in [0.15, 0.2) is 36.4 Å². The van der Waals surface area contributed by atoms with E-state index in [4.69, 9.17) is 9.47 Å². The highest BCUT2D eigenvalue weighted by molar-refractivity contribution is 6.05. The number of imide groups is 1. The number of morpholine rings is 1. The summed E-state index contributed by atoms with van der Waals surface area (Å²) in [6.45, 7) is 1.38. The number of nitrogens with one attached hydrogen (secondary N) is 2. The van der Waals surface area contributed by atoms with Crippen LogP contribution in [0.4, 0.5) is 4.39 Å². The molecule has 2 saturated heterocycles. The summed E-state index contributed by atoms with van der Waals surface area (Å²) < 4.78 is 26.5. The summed E-state index contributed by atoms with van der Waals surface area (Å²) in [5, 5.41) is 14.2. The van der Waals surface area contributed by atoms with Crippen molar-refractivity contribution in [1.29, 1.82) is 0 Å². The van der Waals surface area contributed by atoms with E-state index >= 15 is 4.39 Å². The summed E-state index contributed by atoms with van der Waals surface area (Å²) in [4.78, 5) is 52.2. The molecule has 2 fully saturated rings. The van der Waals surface area contributed by atoms with Gasteiger partial charge < -0.3 is 24.8 Å². The molecule has 11 nitrogen and oxygen atoms in total. The van der Waals surface area contributed by atoms with E-state index in [2.05, 4.69) is 10.6 Å². The van der Waals surface area contributed by atoms with Crippen LogP contribution in [0.5, 0.6) is 5.75 Å². The second-order valence-electron chi connectivity index (χ2n) is 9.60. The Bertz CT molecular complexity index is 1300. The molecule has 0 aromatic heterocycles. The molecule has 3 heterocycles. The average molecular weight is 541 g/mol. The number of piperidine rings is 1. The highest BCUT2D eigenvalue weighted by Crippen LogP contribution is 2.34. The van der Waals surface area contributed by atoms with Crippen molar-refractivity contribution in [3.8, 4) is 5.75 Å². The first-order valence-electron chi connectivity index (χ1n) is 12.8. The monoisotopic (exact) mass is 540 g/mol. The van der Waals surface area contributed by atoms with Gasteiger partial charge in [0.25, 0.3) is 5.91 Å². The second kappa shape index (κ2) is 11.5. The Hall–Kier alpha value is -3.87. The Kier molecular flexibility index (Phi) is 7.87. The molecule has 3 aliphatic rings. The summed E-state index contributed by atoms with van der Waals surface area (Å²) in [6, 6.07) is 8.86. The highest BCUT2D eigenvalue weighted by Gasteiger charge is 2.40. The van der Waals surface area contributed by atoms with Gasteiger partial charge in [0.2, 0.25) is 17.7 Å². The van der Waals surface area contributed by atoms with Gasteiger partial charge in [-0.2, -0.15) is 0 Å². The second-order valence-corrected chi connectivity index (χ2v) is 9.60. The van der Waals surface area contributed by atoms with Gasteiger partial charge in [-0.25, -0.2) is 4.39 Å². The largest absolute Gasteiger partial charge is 0.488 e. The summed E-state index contributed by atoms with van der Waals surface area (Å²) in [7, 11) is 0. The Morgan fingerprint density at radius 1 is 1.21 bits per heavy atom. The molecule has 0 aliphatic carbocycles. The molecule has 0 bridgehead atoms. The Labute approximate surface area is 223 Å². The molecule has 4 amide bonds. The van der Waals surface area contributed by atoms with E-state index in [1.165, 1.54) is 11.0 Å². The molecular formula is C27H29FN4O7. The molecule has 2 atom stereocenters. The van der Waals surface area contributed by atoms with Gasteiger partial charge in [-0.1, -0.05) is 18.2 Å². The van der Waals surface area contributed by atoms with E-state index in [1.54, 1.807) is 30.3 Å². The first-order chi connectivity index (χ1) is 18.9. The van der Waals surface area contributed by atoms with E-state index < -0.39 is 36.4 Å².